The second kappa shape index (κ2) is 9.50. The summed E-state index contributed by atoms with van der Waals surface area (Å²) in [5.41, 5.74) is 0.627. The van der Waals surface area contributed by atoms with Crippen molar-refractivity contribution in [2.24, 2.45) is 0 Å². The highest BCUT2D eigenvalue weighted by molar-refractivity contribution is 5.94. The molecule has 2 N–H and O–H groups in total. The third-order valence-electron chi connectivity index (χ3n) is 4.05. The number of nitrogens with one attached hydrogen (secondary N) is 1. The number of rotatable bonds is 8. The fourth-order valence-corrected chi connectivity index (χ4v) is 2.60. The minimum Gasteiger partial charge on any atom is -0.504 e. The zero-order valence-electron chi connectivity index (χ0n) is 16.1. The molecule has 0 spiro atoms. The highest BCUT2D eigenvalue weighted by Gasteiger charge is 2.19. The number of para-hydroxylation sites is 1. The van der Waals surface area contributed by atoms with Crippen molar-refractivity contribution < 1.29 is 33.6 Å². The minimum atomic E-state index is -0.835. The molecule has 0 aliphatic rings. The molecule has 8 nitrogen and oxygen atoms in total. The molecule has 0 saturated carbocycles. The molecule has 1 unspecified atom stereocenters. The maximum absolute atomic E-state index is 12.2. The maximum atomic E-state index is 12.2. The Morgan fingerprint density at radius 2 is 1.75 bits per heavy atom. The van der Waals surface area contributed by atoms with Gasteiger partial charge in [0.1, 0.15) is 17.1 Å². The van der Waals surface area contributed by atoms with Crippen LogP contribution in [0.1, 0.15) is 28.9 Å². The van der Waals surface area contributed by atoms with Crippen LogP contribution in [0.4, 0.5) is 0 Å². The summed E-state index contributed by atoms with van der Waals surface area (Å²) in [5.74, 6) is -0.336. The molecule has 1 amide bonds. The first-order chi connectivity index (χ1) is 13.4. The average molecular weight is 389 g/mol. The van der Waals surface area contributed by atoms with Crippen LogP contribution in [0.5, 0.6) is 23.0 Å². The molecule has 8 heteroatoms. The zero-order chi connectivity index (χ0) is 20.7. The summed E-state index contributed by atoms with van der Waals surface area (Å²) < 4.78 is 20.4. The van der Waals surface area contributed by atoms with Crippen molar-refractivity contribution >= 4 is 11.9 Å². The van der Waals surface area contributed by atoms with E-state index < -0.39 is 24.5 Å². The number of aromatic hydroxyl groups is 1. The Hall–Kier alpha value is -3.42. The van der Waals surface area contributed by atoms with Crippen LogP contribution in [-0.2, 0) is 9.53 Å². The van der Waals surface area contributed by atoms with Crippen molar-refractivity contribution in [3.63, 3.8) is 0 Å². The first kappa shape index (κ1) is 20.9. The van der Waals surface area contributed by atoms with Crippen LogP contribution in [-0.4, -0.2) is 44.9 Å². The molecule has 0 aromatic heterocycles. The van der Waals surface area contributed by atoms with Crippen molar-refractivity contribution in [2.75, 3.05) is 27.9 Å². The second-order valence-corrected chi connectivity index (χ2v) is 5.83. The number of carbonyl (C=O) groups excluding carboxylic acids is 2. The molecule has 28 heavy (non-hydrogen) atoms. The van der Waals surface area contributed by atoms with Crippen molar-refractivity contribution in [3.05, 3.63) is 47.5 Å². The van der Waals surface area contributed by atoms with Gasteiger partial charge in [-0.25, -0.2) is 4.79 Å². The van der Waals surface area contributed by atoms with Crippen LogP contribution in [0.3, 0.4) is 0 Å². The summed E-state index contributed by atoms with van der Waals surface area (Å²) in [6.07, 6.45) is 0. The van der Waals surface area contributed by atoms with Crippen LogP contribution in [0.2, 0.25) is 0 Å². The lowest BCUT2D eigenvalue weighted by Gasteiger charge is -2.18. The van der Waals surface area contributed by atoms with Crippen molar-refractivity contribution in [1.82, 2.24) is 5.32 Å². The number of phenolic OH excluding ortho intramolecular Hbond substituents is 1. The van der Waals surface area contributed by atoms with E-state index in [1.807, 2.05) is 0 Å². The van der Waals surface area contributed by atoms with Gasteiger partial charge in [-0.1, -0.05) is 6.07 Å². The van der Waals surface area contributed by atoms with E-state index in [0.29, 0.717) is 17.1 Å². The van der Waals surface area contributed by atoms with Gasteiger partial charge in [-0.15, -0.1) is 0 Å². The molecule has 0 heterocycles. The molecule has 0 saturated heterocycles. The van der Waals surface area contributed by atoms with Gasteiger partial charge in [-0.05, 0) is 37.3 Å². The first-order valence-corrected chi connectivity index (χ1v) is 8.45. The van der Waals surface area contributed by atoms with E-state index in [1.165, 1.54) is 32.4 Å². The summed E-state index contributed by atoms with van der Waals surface area (Å²) in [7, 11) is 4.44. The fraction of sp³-hybridized carbons (Fsp3) is 0.300. The van der Waals surface area contributed by atoms with Gasteiger partial charge < -0.3 is 29.4 Å². The Bertz CT molecular complexity index is 850. The van der Waals surface area contributed by atoms with Gasteiger partial charge in [0.2, 0.25) is 0 Å². The predicted molar refractivity (Wildman–Crippen MR) is 101 cm³/mol. The topological polar surface area (TPSA) is 103 Å². The van der Waals surface area contributed by atoms with Crippen LogP contribution in [0.15, 0.2) is 36.4 Å². The monoisotopic (exact) mass is 389 g/mol. The number of esters is 1. The number of amides is 1. The first-order valence-electron chi connectivity index (χ1n) is 8.45. The fourth-order valence-electron chi connectivity index (χ4n) is 2.60. The number of benzene rings is 2. The highest BCUT2D eigenvalue weighted by Crippen LogP contribution is 2.30. The van der Waals surface area contributed by atoms with E-state index in [4.69, 9.17) is 18.9 Å². The number of ether oxygens (including phenoxy) is 4. The van der Waals surface area contributed by atoms with E-state index >= 15 is 0 Å². The number of carbonyl (C=O) groups is 2. The molecule has 0 aliphatic heterocycles. The largest absolute Gasteiger partial charge is 0.504 e. The molecule has 150 valence electrons. The molecular weight excluding hydrogens is 366 g/mol. The smallest absolute Gasteiger partial charge is 0.342 e. The quantitative estimate of drug-likeness (QED) is 0.669. The normalized spacial score (nSPS) is 11.3. The Kier molecular flexibility index (Phi) is 7.08. The van der Waals surface area contributed by atoms with Gasteiger partial charge in [-0.3, -0.25) is 4.79 Å². The Balaban J connectivity index is 2.00. The Labute approximate surface area is 163 Å². The van der Waals surface area contributed by atoms with Gasteiger partial charge in [0.25, 0.3) is 5.91 Å². The summed E-state index contributed by atoms with van der Waals surface area (Å²) in [6, 6.07) is 9.24. The van der Waals surface area contributed by atoms with Gasteiger partial charge in [0.15, 0.2) is 18.1 Å². The predicted octanol–water partition coefficient (Wildman–Crippen LogP) is 2.45. The molecule has 0 fully saturated rings. The van der Waals surface area contributed by atoms with Crippen LogP contribution in [0, 0.1) is 0 Å². The third-order valence-corrected chi connectivity index (χ3v) is 4.05. The van der Waals surface area contributed by atoms with E-state index in [2.05, 4.69) is 5.32 Å². The van der Waals surface area contributed by atoms with Crippen LogP contribution >= 0.6 is 0 Å². The van der Waals surface area contributed by atoms with Crippen LogP contribution in [0.25, 0.3) is 0 Å². The summed E-state index contributed by atoms with van der Waals surface area (Å²) in [5, 5.41) is 12.7. The molecule has 0 bridgehead atoms. The highest BCUT2D eigenvalue weighted by atomic mass is 16.5. The Morgan fingerprint density at radius 1 is 1.04 bits per heavy atom. The number of phenols is 1. The molecule has 0 aliphatic carbocycles. The van der Waals surface area contributed by atoms with Gasteiger partial charge in [-0.2, -0.15) is 0 Å². The lowest BCUT2D eigenvalue weighted by Crippen LogP contribution is -2.31. The number of hydrogen-bond acceptors (Lipinski definition) is 7. The SMILES string of the molecule is COc1ccc(OC)c(C(C)NC(=O)COC(=O)c2cccc(OC)c2O)c1. The zero-order valence-corrected chi connectivity index (χ0v) is 16.1. The molecule has 2 aromatic rings. The van der Waals surface area contributed by atoms with Crippen molar-refractivity contribution in [1.29, 1.82) is 0 Å². The summed E-state index contributed by atoms with van der Waals surface area (Å²) in [4.78, 5) is 24.3. The summed E-state index contributed by atoms with van der Waals surface area (Å²) >= 11 is 0. The van der Waals surface area contributed by atoms with Crippen molar-refractivity contribution in [2.45, 2.75) is 13.0 Å². The molecule has 0 radical (unpaired) electrons. The van der Waals surface area contributed by atoms with Gasteiger partial charge in [0.05, 0.1) is 27.4 Å². The molecule has 2 aromatic carbocycles. The molecule has 2 rings (SSSR count). The minimum absolute atomic E-state index is 0.0883. The number of hydrogen-bond donors (Lipinski definition) is 2. The molecule has 1 atom stereocenters. The second-order valence-electron chi connectivity index (χ2n) is 5.83. The van der Waals surface area contributed by atoms with Crippen LogP contribution < -0.4 is 19.5 Å². The van der Waals surface area contributed by atoms with E-state index in [-0.39, 0.29) is 17.1 Å². The van der Waals surface area contributed by atoms with E-state index in [1.54, 1.807) is 32.2 Å². The van der Waals surface area contributed by atoms with E-state index in [0.717, 1.165) is 0 Å². The van der Waals surface area contributed by atoms with Gasteiger partial charge in [0, 0.05) is 5.56 Å². The lowest BCUT2D eigenvalue weighted by molar-refractivity contribution is -0.124. The molecular formula is C20H23NO7. The summed E-state index contributed by atoms with van der Waals surface area (Å²) in [6.45, 7) is 1.26. The van der Waals surface area contributed by atoms with E-state index in [9.17, 15) is 14.7 Å². The average Bonchev–Trinajstić information content (AvgIpc) is 2.71. The maximum Gasteiger partial charge on any atom is 0.342 e. The lowest BCUT2D eigenvalue weighted by atomic mass is 10.1. The standard InChI is InChI=1S/C20H23NO7/c1-12(15-10-13(25-2)8-9-16(15)26-3)21-18(22)11-28-20(24)14-6-5-7-17(27-4)19(14)23/h5-10,12,23H,11H2,1-4H3,(H,21,22). The third kappa shape index (κ3) is 4.85. The van der Waals surface area contributed by atoms with Crippen molar-refractivity contribution in [3.8, 4) is 23.0 Å². The number of methoxy groups -OCH3 is 3. The Morgan fingerprint density at radius 3 is 2.39 bits per heavy atom. The van der Waals surface area contributed by atoms with Gasteiger partial charge >= 0.3 is 5.97 Å².